The van der Waals surface area contributed by atoms with Gasteiger partial charge in [-0.1, -0.05) is 6.07 Å². The number of amides is 3. The van der Waals surface area contributed by atoms with Gasteiger partial charge in [-0.05, 0) is 62.7 Å². The zero-order chi connectivity index (χ0) is 28.2. The Kier molecular flexibility index (Phi) is 7.87. The largest absolute Gasteiger partial charge is 0.465 e. The van der Waals surface area contributed by atoms with Crippen LogP contribution in [-0.4, -0.2) is 79.7 Å². The Balaban J connectivity index is 1.40. The van der Waals surface area contributed by atoms with Crippen molar-refractivity contribution < 1.29 is 19.1 Å². The number of aromatic amines is 1. The first kappa shape index (κ1) is 27.0. The molecule has 1 aromatic carbocycles. The van der Waals surface area contributed by atoms with Gasteiger partial charge in [-0.3, -0.25) is 20.2 Å². The Morgan fingerprint density at radius 1 is 1.18 bits per heavy atom. The Morgan fingerprint density at radius 3 is 2.65 bits per heavy atom. The normalized spacial score (nSPS) is 14.1. The molecule has 1 aliphatic heterocycles. The van der Waals surface area contributed by atoms with E-state index in [1.165, 1.54) is 23.2 Å². The number of fused-ring (bicyclic) bond motifs is 1. The highest BCUT2D eigenvalue weighted by molar-refractivity contribution is 5.98. The van der Waals surface area contributed by atoms with Crippen LogP contribution in [0.1, 0.15) is 25.5 Å². The number of pyridine rings is 2. The highest BCUT2D eigenvalue weighted by atomic mass is 19.1. The molecule has 40 heavy (non-hydrogen) atoms. The van der Waals surface area contributed by atoms with Crippen molar-refractivity contribution in [2.75, 3.05) is 32.0 Å². The Labute approximate surface area is 230 Å². The first-order chi connectivity index (χ1) is 19.3. The number of hydrogen-bond acceptors (Lipinski definition) is 6. The number of halogens is 1. The van der Waals surface area contributed by atoms with Crippen molar-refractivity contribution >= 4 is 29.1 Å². The number of H-pyrrole nitrogens is 1. The van der Waals surface area contributed by atoms with E-state index >= 15 is 0 Å². The van der Waals surface area contributed by atoms with Gasteiger partial charge in [0.05, 0.1) is 11.2 Å². The van der Waals surface area contributed by atoms with Gasteiger partial charge in [0.1, 0.15) is 17.0 Å². The predicted molar refractivity (Wildman–Crippen MR) is 149 cm³/mol. The molecule has 0 unspecified atom stereocenters. The van der Waals surface area contributed by atoms with E-state index in [1.54, 1.807) is 6.20 Å². The summed E-state index contributed by atoms with van der Waals surface area (Å²) in [7, 11) is 2.03. The van der Waals surface area contributed by atoms with Crippen molar-refractivity contribution in [3.8, 4) is 22.4 Å². The Bertz CT molecular complexity index is 1520. The van der Waals surface area contributed by atoms with Crippen LogP contribution in [0.15, 0.2) is 48.8 Å². The third-order valence-corrected chi connectivity index (χ3v) is 7.10. The number of rotatable bonds is 7. The lowest BCUT2D eigenvalue weighted by atomic mass is 10.0. The zero-order valence-corrected chi connectivity index (χ0v) is 22.3. The summed E-state index contributed by atoms with van der Waals surface area (Å²) in [5.74, 6) is -0.241. The minimum absolute atomic E-state index is 0.158. The molecule has 0 bridgehead atoms. The second kappa shape index (κ2) is 11.7. The molecule has 4 N–H and O–H groups in total. The summed E-state index contributed by atoms with van der Waals surface area (Å²) in [5, 5.41) is 14.5. The number of carboxylic acid groups (broad SMARTS) is 1. The highest BCUT2D eigenvalue weighted by Gasteiger charge is 2.25. The van der Waals surface area contributed by atoms with E-state index in [9.17, 15) is 19.1 Å². The second-order valence-electron chi connectivity index (χ2n) is 9.78. The van der Waals surface area contributed by atoms with Crippen molar-refractivity contribution in [2.45, 2.75) is 32.4 Å². The molecule has 11 nitrogen and oxygen atoms in total. The van der Waals surface area contributed by atoms with Gasteiger partial charge in [-0.15, -0.1) is 0 Å². The van der Waals surface area contributed by atoms with E-state index in [2.05, 4.69) is 35.5 Å². The fourth-order valence-corrected chi connectivity index (χ4v) is 4.99. The van der Waals surface area contributed by atoms with Crippen molar-refractivity contribution in [3.63, 3.8) is 0 Å². The summed E-state index contributed by atoms with van der Waals surface area (Å²) < 4.78 is 14.8. The Hall–Kier alpha value is -4.58. The number of carbonyl (C=O) groups is 2. The lowest BCUT2D eigenvalue weighted by molar-refractivity contribution is 0.103. The van der Waals surface area contributed by atoms with Crippen LogP contribution in [0.4, 0.5) is 19.9 Å². The Morgan fingerprint density at radius 2 is 1.98 bits per heavy atom. The highest BCUT2D eigenvalue weighted by Crippen LogP contribution is 2.34. The topological polar surface area (TPSA) is 139 Å². The van der Waals surface area contributed by atoms with Crippen LogP contribution >= 0.6 is 0 Å². The third-order valence-electron chi connectivity index (χ3n) is 7.10. The maximum Gasteiger partial charge on any atom is 0.407 e. The van der Waals surface area contributed by atoms with Crippen LogP contribution in [-0.2, 0) is 6.54 Å². The third kappa shape index (κ3) is 5.86. The van der Waals surface area contributed by atoms with Gasteiger partial charge in [0.15, 0.2) is 0 Å². The molecule has 0 atom stereocenters. The summed E-state index contributed by atoms with van der Waals surface area (Å²) in [6, 6.07) is 10.4. The summed E-state index contributed by atoms with van der Waals surface area (Å²) >= 11 is 0. The number of benzene rings is 1. The number of piperidine rings is 1. The van der Waals surface area contributed by atoms with Gasteiger partial charge in [-0.2, -0.15) is 0 Å². The lowest BCUT2D eigenvalue weighted by Crippen LogP contribution is -2.44. The van der Waals surface area contributed by atoms with Crippen LogP contribution in [0.2, 0.25) is 0 Å². The zero-order valence-electron chi connectivity index (χ0n) is 22.3. The fourth-order valence-electron chi connectivity index (χ4n) is 4.99. The summed E-state index contributed by atoms with van der Waals surface area (Å²) in [4.78, 5) is 43.4. The predicted octanol–water partition coefficient (Wildman–Crippen LogP) is 4.54. The van der Waals surface area contributed by atoms with Crippen LogP contribution in [0, 0.1) is 5.82 Å². The first-order valence-corrected chi connectivity index (χ1v) is 13.1. The minimum atomic E-state index is -0.866. The molecule has 1 aliphatic rings. The monoisotopic (exact) mass is 546 g/mol. The summed E-state index contributed by atoms with van der Waals surface area (Å²) in [6.07, 6.45) is 4.01. The molecule has 1 fully saturated rings. The van der Waals surface area contributed by atoms with E-state index < -0.39 is 17.9 Å². The van der Waals surface area contributed by atoms with E-state index in [1.807, 2.05) is 38.2 Å². The SMILES string of the molecule is CCNC(=O)Nc1nc2c(-c3ncccc3F)cc(-c3ccc(CN(C)C4CCN(C(=O)O)CC4)nc3)cc2[nH]1. The van der Waals surface area contributed by atoms with Gasteiger partial charge >= 0.3 is 12.1 Å². The van der Waals surface area contributed by atoms with Crippen molar-refractivity contribution in [3.05, 3.63) is 60.3 Å². The number of hydrogen-bond donors (Lipinski definition) is 4. The number of aromatic nitrogens is 4. The molecule has 3 amide bonds. The molecule has 1 saturated heterocycles. The summed E-state index contributed by atoms with van der Waals surface area (Å²) in [6.45, 7) is 3.98. The number of carbonyl (C=O) groups excluding carboxylic acids is 1. The number of likely N-dealkylation sites (tertiary alicyclic amines) is 1. The number of anilines is 1. The molecule has 0 radical (unpaired) electrons. The van der Waals surface area contributed by atoms with Crippen LogP contribution in [0.5, 0.6) is 0 Å². The van der Waals surface area contributed by atoms with Crippen molar-refractivity contribution in [1.29, 1.82) is 0 Å². The number of nitrogens with one attached hydrogen (secondary N) is 3. The second-order valence-corrected chi connectivity index (χ2v) is 9.78. The molecule has 0 aliphatic carbocycles. The smallest absolute Gasteiger partial charge is 0.407 e. The molecule has 5 rings (SSSR count). The van der Waals surface area contributed by atoms with Crippen molar-refractivity contribution in [1.82, 2.24) is 35.1 Å². The van der Waals surface area contributed by atoms with E-state index in [0.29, 0.717) is 42.8 Å². The molecule has 12 heteroatoms. The molecule has 208 valence electrons. The van der Waals surface area contributed by atoms with E-state index in [0.717, 1.165) is 29.7 Å². The molecule has 4 heterocycles. The first-order valence-electron chi connectivity index (χ1n) is 13.1. The fraction of sp³-hybridized carbons (Fsp3) is 0.321. The number of urea groups is 1. The average Bonchev–Trinajstić information content (AvgIpc) is 3.35. The maximum atomic E-state index is 14.8. The quantitative estimate of drug-likeness (QED) is 0.267. The molecule has 0 saturated carbocycles. The average molecular weight is 547 g/mol. The van der Waals surface area contributed by atoms with Gasteiger partial charge in [0.25, 0.3) is 0 Å². The van der Waals surface area contributed by atoms with Crippen LogP contribution in [0.25, 0.3) is 33.4 Å². The van der Waals surface area contributed by atoms with E-state index in [-0.39, 0.29) is 17.7 Å². The van der Waals surface area contributed by atoms with Gasteiger partial charge in [0.2, 0.25) is 5.95 Å². The van der Waals surface area contributed by atoms with Gasteiger partial charge < -0.3 is 20.3 Å². The van der Waals surface area contributed by atoms with E-state index in [4.69, 9.17) is 0 Å². The number of imidazole rings is 1. The minimum Gasteiger partial charge on any atom is -0.465 e. The molecule has 3 aromatic heterocycles. The van der Waals surface area contributed by atoms with Crippen molar-refractivity contribution in [2.24, 2.45) is 0 Å². The van der Waals surface area contributed by atoms with Crippen LogP contribution in [0.3, 0.4) is 0 Å². The molecule has 0 spiro atoms. The van der Waals surface area contributed by atoms with Gasteiger partial charge in [-0.25, -0.2) is 19.0 Å². The number of nitrogens with zero attached hydrogens (tertiary/aromatic N) is 5. The maximum absolute atomic E-state index is 14.8. The molecular weight excluding hydrogens is 515 g/mol. The standard InChI is InChI=1S/C28H31FN8O3/c1-3-30-27(38)35-26-33-23-14-18(13-21(25(23)34-26)24-22(29)5-4-10-31-24)17-6-7-19(32-15-17)16-36(2)20-8-11-37(12-9-20)28(39)40/h4-7,10,13-15,20H,3,8-9,11-12,16H2,1-2H3,(H,39,40)(H3,30,33,34,35,38). The summed E-state index contributed by atoms with van der Waals surface area (Å²) in [5.41, 5.74) is 4.24. The van der Waals surface area contributed by atoms with Crippen LogP contribution < -0.4 is 10.6 Å². The van der Waals surface area contributed by atoms with Gasteiger partial charge in [0, 0.05) is 55.7 Å². The molecular formula is C28H31FN8O3. The molecule has 4 aromatic rings. The lowest BCUT2D eigenvalue weighted by Gasteiger charge is -2.35.